The molecule has 1 fully saturated rings. The molecule has 0 atom stereocenters. The van der Waals surface area contributed by atoms with Crippen LogP contribution in [0.15, 0.2) is 27.8 Å². The number of nitrogens with one attached hydrogen (secondary N) is 1. The third kappa shape index (κ3) is 7.92. The molecule has 0 amide bonds. The molecule has 6 heteroatoms. The normalized spacial score (nSPS) is 16.2. The SMILES string of the molecule is CCNC(=NCCCOCc1ccco1)N(C)CCC1CCOCC1. The third-order valence-corrected chi connectivity index (χ3v) is 4.44. The van der Waals surface area contributed by atoms with Crippen molar-refractivity contribution in [2.75, 3.05) is 46.5 Å². The van der Waals surface area contributed by atoms with Gasteiger partial charge in [-0.1, -0.05) is 0 Å². The predicted octanol–water partition coefficient (Wildman–Crippen LogP) is 2.90. The van der Waals surface area contributed by atoms with E-state index in [-0.39, 0.29) is 0 Å². The average molecular weight is 351 g/mol. The molecular formula is C19H33N3O3. The molecule has 0 bridgehead atoms. The summed E-state index contributed by atoms with van der Waals surface area (Å²) >= 11 is 0. The van der Waals surface area contributed by atoms with E-state index in [1.54, 1.807) is 6.26 Å². The van der Waals surface area contributed by atoms with Crippen molar-refractivity contribution in [2.45, 2.75) is 39.2 Å². The third-order valence-electron chi connectivity index (χ3n) is 4.44. The first kappa shape index (κ1) is 19.8. The van der Waals surface area contributed by atoms with Crippen LogP contribution >= 0.6 is 0 Å². The van der Waals surface area contributed by atoms with Crippen molar-refractivity contribution in [2.24, 2.45) is 10.9 Å². The Morgan fingerprint density at radius 1 is 1.40 bits per heavy atom. The molecule has 1 aliphatic rings. The van der Waals surface area contributed by atoms with Crippen molar-refractivity contribution in [3.05, 3.63) is 24.2 Å². The lowest BCUT2D eigenvalue weighted by Gasteiger charge is -2.26. The number of aliphatic imine (C=N–C) groups is 1. The van der Waals surface area contributed by atoms with Crippen LogP contribution in [0.4, 0.5) is 0 Å². The number of furan rings is 1. The van der Waals surface area contributed by atoms with E-state index in [9.17, 15) is 0 Å². The molecule has 2 heterocycles. The Kier molecular flexibility index (Phi) is 9.44. The zero-order chi connectivity index (χ0) is 17.7. The quantitative estimate of drug-likeness (QED) is 0.399. The minimum atomic E-state index is 0.530. The summed E-state index contributed by atoms with van der Waals surface area (Å²) in [5.74, 6) is 2.64. The molecule has 1 aromatic rings. The lowest BCUT2D eigenvalue weighted by atomic mass is 9.96. The number of guanidine groups is 1. The maximum Gasteiger partial charge on any atom is 0.193 e. The molecule has 0 aliphatic carbocycles. The first-order valence-electron chi connectivity index (χ1n) is 9.47. The number of rotatable bonds is 10. The van der Waals surface area contributed by atoms with Gasteiger partial charge in [-0.3, -0.25) is 4.99 Å². The minimum absolute atomic E-state index is 0.530. The van der Waals surface area contributed by atoms with Crippen LogP contribution in [0, 0.1) is 5.92 Å². The summed E-state index contributed by atoms with van der Waals surface area (Å²) in [6.45, 7) is 7.84. The highest BCUT2D eigenvalue weighted by molar-refractivity contribution is 5.79. The topological polar surface area (TPSA) is 59.2 Å². The molecule has 1 aliphatic heterocycles. The Morgan fingerprint density at radius 3 is 2.96 bits per heavy atom. The van der Waals surface area contributed by atoms with Crippen LogP contribution in [0.5, 0.6) is 0 Å². The van der Waals surface area contributed by atoms with Crippen LogP contribution in [0.3, 0.4) is 0 Å². The molecule has 0 aromatic carbocycles. The average Bonchev–Trinajstić information content (AvgIpc) is 3.16. The Hall–Kier alpha value is -1.53. The smallest absolute Gasteiger partial charge is 0.193 e. The highest BCUT2D eigenvalue weighted by Gasteiger charge is 2.15. The summed E-state index contributed by atoms with van der Waals surface area (Å²) in [6.07, 6.45) is 6.16. The lowest BCUT2D eigenvalue weighted by molar-refractivity contribution is 0.0625. The van der Waals surface area contributed by atoms with E-state index < -0.39 is 0 Å². The van der Waals surface area contributed by atoms with Crippen LogP contribution in [-0.4, -0.2) is 57.4 Å². The molecular weight excluding hydrogens is 318 g/mol. The fraction of sp³-hybridized carbons (Fsp3) is 0.737. The lowest BCUT2D eigenvalue weighted by Crippen LogP contribution is -2.40. The van der Waals surface area contributed by atoms with Crippen molar-refractivity contribution in [1.82, 2.24) is 10.2 Å². The maximum atomic E-state index is 5.60. The van der Waals surface area contributed by atoms with Crippen molar-refractivity contribution in [3.8, 4) is 0 Å². The summed E-state index contributed by atoms with van der Waals surface area (Å²) in [7, 11) is 2.12. The second kappa shape index (κ2) is 11.9. The first-order chi connectivity index (χ1) is 12.3. The molecule has 1 N–H and O–H groups in total. The molecule has 6 nitrogen and oxygen atoms in total. The molecule has 1 saturated heterocycles. The van der Waals surface area contributed by atoms with Crippen molar-refractivity contribution in [3.63, 3.8) is 0 Å². The Bertz CT molecular complexity index is 470. The van der Waals surface area contributed by atoms with Gasteiger partial charge in [0.05, 0.1) is 6.26 Å². The van der Waals surface area contributed by atoms with Gasteiger partial charge in [0.25, 0.3) is 0 Å². The van der Waals surface area contributed by atoms with E-state index in [0.717, 1.165) is 56.9 Å². The summed E-state index contributed by atoms with van der Waals surface area (Å²) in [5, 5.41) is 3.38. The van der Waals surface area contributed by atoms with Crippen molar-refractivity contribution in [1.29, 1.82) is 0 Å². The molecule has 1 aromatic heterocycles. The molecule has 142 valence electrons. The fourth-order valence-electron chi connectivity index (χ4n) is 2.91. The van der Waals surface area contributed by atoms with Gasteiger partial charge in [-0.15, -0.1) is 0 Å². The van der Waals surface area contributed by atoms with Crippen molar-refractivity contribution < 1.29 is 13.9 Å². The highest BCUT2D eigenvalue weighted by Crippen LogP contribution is 2.18. The monoisotopic (exact) mass is 351 g/mol. The van der Waals surface area contributed by atoms with Crippen LogP contribution in [-0.2, 0) is 16.1 Å². The number of ether oxygens (including phenoxy) is 2. The predicted molar refractivity (Wildman–Crippen MR) is 99.7 cm³/mol. The van der Waals surface area contributed by atoms with E-state index >= 15 is 0 Å². The van der Waals surface area contributed by atoms with E-state index in [0.29, 0.717) is 13.2 Å². The summed E-state index contributed by atoms with van der Waals surface area (Å²) in [6, 6.07) is 3.80. The van der Waals surface area contributed by atoms with Gasteiger partial charge < -0.3 is 24.1 Å². The summed E-state index contributed by atoms with van der Waals surface area (Å²) in [4.78, 5) is 6.95. The summed E-state index contributed by atoms with van der Waals surface area (Å²) in [5.41, 5.74) is 0. The molecule has 0 radical (unpaired) electrons. The number of hydrogen-bond acceptors (Lipinski definition) is 4. The zero-order valence-corrected chi connectivity index (χ0v) is 15.7. The van der Waals surface area contributed by atoms with Gasteiger partial charge in [0, 0.05) is 46.5 Å². The van der Waals surface area contributed by atoms with E-state index in [2.05, 4.69) is 24.2 Å². The highest BCUT2D eigenvalue weighted by atomic mass is 16.5. The van der Waals surface area contributed by atoms with E-state index in [1.165, 1.54) is 19.3 Å². The molecule has 2 rings (SSSR count). The van der Waals surface area contributed by atoms with Crippen LogP contribution < -0.4 is 5.32 Å². The minimum Gasteiger partial charge on any atom is -0.467 e. The first-order valence-corrected chi connectivity index (χ1v) is 9.47. The van der Waals surface area contributed by atoms with Gasteiger partial charge in [0.1, 0.15) is 12.4 Å². The summed E-state index contributed by atoms with van der Waals surface area (Å²) < 4.78 is 16.3. The molecule has 0 unspecified atom stereocenters. The van der Waals surface area contributed by atoms with Gasteiger partial charge in [-0.25, -0.2) is 0 Å². The van der Waals surface area contributed by atoms with Gasteiger partial charge >= 0.3 is 0 Å². The Morgan fingerprint density at radius 2 is 2.24 bits per heavy atom. The van der Waals surface area contributed by atoms with Gasteiger partial charge in [-0.05, 0) is 50.7 Å². The number of nitrogens with zero attached hydrogens (tertiary/aromatic N) is 2. The molecule has 0 spiro atoms. The zero-order valence-electron chi connectivity index (χ0n) is 15.7. The van der Waals surface area contributed by atoms with E-state index in [4.69, 9.17) is 18.9 Å². The second-order valence-corrected chi connectivity index (χ2v) is 6.49. The second-order valence-electron chi connectivity index (χ2n) is 6.49. The van der Waals surface area contributed by atoms with E-state index in [1.807, 2.05) is 12.1 Å². The Balaban J connectivity index is 1.63. The fourth-order valence-corrected chi connectivity index (χ4v) is 2.91. The Labute approximate surface area is 151 Å². The molecule has 0 saturated carbocycles. The van der Waals surface area contributed by atoms with Crippen LogP contribution in [0.1, 0.15) is 38.4 Å². The maximum absolute atomic E-state index is 5.60. The standard InChI is InChI=1S/C19H33N3O3/c1-3-20-19(22(2)11-7-17-8-14-23-15-9-17)21-10-5-12-24-16-18-6-4-13-25-18/h4,6,13,17H,3,5,7-12,14-16H2,1-2H3,(H,20,21). The van der Waals surface area contributed by atoms with Crippen LogP contribution in [0.2, 0.25) is 0 Å². The largest absolute Gasteiger partial charge is 0.467 e. The number of hydrogen-bond donors (Lipinski definition) is 1. The van der Waals surface area contributed by atoms with Gasteiger partial charge in [0.15, 0.2) is 5.96 Å². The van der Waals surface area contributed by atoms with Gasteiger partial charge in [-0.2, -0.15) is 0 Å². The van der Waals surface area contributed by atoms with Crippen molar-refractivity contribution >= 4 is 5.96 Å². The van der Waals surface area contributed by atoms with Gasteiger partial charge in [0.2, 0.25) is 0 Å². The molecule has 25 heavy (non-hydrogen) atoms. The van der Waals surface area contributed by atoms with Crippen LogP contribution in [0.25, 0.3) is 0 Å².